The lowest BCUT2D eigenvalue weighted by Gasteiger charge is -2.12. The Morgan fingerprint density at radius 2 is 2.06 bits per heavy atom. The molecule has 96 valence electrons. The van der Waals surface area contributed by atoms with Gasteiger partial charge >= 0.3 is 18.4 Å². The van der Waals surface area contributed by atoms with Crippen LogP contribution in [0.2, 0.25) is 0 Å². The summed E-state index contributed by atoms with van der Waals surface area (Å²) in [5, 5.41) is 8.99. The molecule has 1 rings (SSSR count). The molecule has 0 aliphatic rings. The molecule has 6 nitrogen and oxygen atoms in total. The molecular weight excluding hydrogens is 240 g/mol. The molecule has 1 N–H and O–H groups in total. The van der Waals surface area contributed by atoms with Crippen molar-refractivity contribution in [3.63, 3.8) is 0 Å². The second-order valence-electron chi connectivity index (χ2n) is 3.53. The number of esters is 1. The molecule has 6 heteroatoms. The van der Waals surface area contributed by atoms with E-state index in [1.807, 2.05) is 0 Å². The maximum atomic E-state index is 11.4. The summed E-state index contributed by atoms with van der Waals surface area (Å²) in [6.45, 7) is 1.63. The molecule has 0 spiro atoms. The van der Waals surface area contributed by atoms with Crippen molar-refractivity contribution in [2.45, 2.75) is 12.8 Å². The Labute approximate surface area is 103 Å². The standard InChI is InChI=1S/C12H12O6/c1-7-5-8(3-4-9(7)17-2)10(11(14)15)12(16)18-6-13/h3-6,10H,1-2H3,(H,14,15). The summed E-state index contributed by atoms with van der Waals surface area (Å²) in [5.41, 5.74) is 0.910. The zero-order valence-electron chi connectivity index (χ0n) is 9.88. The highest BCUT2D eigenvalue weighted by atomic mass is 16.6. The van der Waals surface area contributed by atoms with E-state index in [4.69, 9.17) is 9.84 Å². The van der Waals surface area contributed by atoms with Crippen molar-refractivity contribution in [1.29, 1.82) is 0 Å². The van der Waals surface area contributed by atoms with Crippen LogP contribution in [-0.4, -0.2) is 30.6 Å². The van der Waals surface area contributed by atoms with Crippen LogP contribution >= 0.6 is 0 Å². The van der Waals surface area contributed by atoms with E-state index in [1.54, 1.807) is 13.0 Å². The van der Waals surface area contributed by atoms with Crippen molar-refractivity contribution in [1.82, 2.24) is 0 Å². The van der Waals surface area contributed by atoms with Crippen LogP contribution in [0.25, 0.3) is 0 Å². The van der Waals surface area contributed by atoms with E-state index in [0.717, 1.165) is 0 Å². The van der Waals surface area contributed by atoms with Crippen molar-refractivity contribution in [2.24, 2.45) is 0 Å². The maximum absolute atomic E-state index is 11.4. The van der Waals surface area contributed by atoms with Crippen LogP contribution in [0.1, 0.15) is 17.0 Å². The number of benzene rings is 1. The van der Waals surface area contributed by atoms with E-state index in [-0.39, 0.29) is 12.0 Å². The largest absolute Gasteiger partial charge is 0.496 e. The normalized spacial score (nSPS) is 11.4. The third-order valence-electron chi connectivity index (χ3n) is 2.40. The molecule has 1 aromatic carbocycles. The number of aliphatic carboxylic acids is 1. The fourth-order valence-electron chi connectivity index (χ4n) is 1.58. The van der Waals surface area contributed by atoms with Gasteiger partial charge in [-0.2, -0.15) is 0 Å². The highest BCUT2D eigenvalue weighted by Gasteiger charge is 2.30. The third kappa shape index (κ3) is 2.85. The Hall–Kier alpha value is -2.37. The molecule has 0 amide bonds. The molecular formula is C12H12O6. The van der Waals surface area contributed by atoms with Gasteiger partial charge in [0, 0.05) is 0 Å². The minimum Gasteiger partial charge on any atom is -0.496 e. The number of methoxy groups -OCH3 is 1. The molecule has 0 aliphatic heterocycles. The van der Waals surface area contributed by atoms with E-state index < -0.39 is 17.9 Å². The van der Waals surface area contributed by atoms with Crippen LogP contribution in [0, 0.1) is 6.92 Å². The fraction of sp³-hybridized carbons (Fsp3) is 0.250. The number of carbonyl (C=O) groups excluding carboxylic acids is 2. The van der Waals surface area contributed by atoms with Gasteiger partial charge in [-0.15, -0.1) is 0 Å². The van der Waals surface area contributed by atoms with Crippen molar-refractivity contribution < 1.29 is 29.0 Å². The van der Waals surface area contributed by atoms with Crippen LogP contribution in [0.5, 0.6) is 5.75 Å². The lowest BCUT2D eigenvalue weighted by molar-refractivity contribution is -0.157. The topological polar surface area (TPSA) is 89.9 Å². The first-order chi connectivity index (χ1) is 8.51. The molecule has 0 saturated heterocycles. The SMILES string of the molecule is COc1ccc(C(C(=O)O)C(=O)OC=O)cc1C. The van der Waals surface area contributed by atoms with Gasteiger partial charge in [-0.1, -0.05) is 12.1 Å². The molecule has 0 fully saturated rings. The Morgan fingerprint density at radius 3 is 2.50 bits per heavy atom. The second kappa shape index (κ2) is 5.81. The van der Waals surface area contributed by atoms with Gasteiger partial charge in [-0.05, 0) is 24.1 Å². The molecule has 1 unspecified atom stereocenters. The Kier molecular flexibility index (Phi) is 4.42. The number of rotatable bonds is 5. The van der Waals surface area contributed by atoms with Gasteiger partial charge in [0.15, 0.2) is 5.92 Å². The first-order valence-electron chi connectivity index (χ1n) is 5.02. The van der Waals surface area contributed by atoms with Gasteiger partial charge in [0.2, 0.25) is 0 Å². The molecule has 18 heavy (non-hydrogen) atoms. The highest BCUT2D eigenvalue weighted by molar-refractivity contribution is 6.01. The van der Waals surface area contributed by atoms with Crippen LogP contribution in [0.4, 0.5) is 0 Å². The van der Waals surface area contributed by atoms with Crippen molar-refractivity contribution in [3.05, 3.63) is 29.3 Å². The summed E-state index contributed by atoms with van der Waals surface area (Å²) in [7, 11) is 1.48. The van der Waals surface area contributed by atoms with Crippen molar-refractivity contribution >= 4 is 18.4 Å². The monoisotopic (exact) mass is 252 g/mol. The summed E-state index contributed by atoms with van der Waals surface area (Å²) in [4.78, 5) is 32.5. The molecule has 0 bridgehead atoms. The molecule has 0 radical (unpaired) electrons. The number of hydrogen-bond acceptors (Lipinski definition) is 5. The molecule has 1 aromatic rings. The van der Waals surface area contributed by atoms with Crippen LogP contribution in [0.15, 0.2) is 18.2 Å². The van der Waals surface area contributed by atoms with Gasteiger partial charge < -0.3 is 14.6 Å². The number of carbonyl (C=O) groups is 3. The lowest BCUT2D eigenvalue weighted by Crippen LogP contribution is -2.23. The zero-order chi connectivity index (χ0) is 13.7. The zero-order valence-corrected chi connectivity index (χ0v) is 9.88. The molecule has 0 aliphatic carbocycles. The third-order valence-corrected chi connectivity index (χ3v) is 2.40. The van der Waals surface area contributed by atoms with E-state index >= 15 is 0 Å². The van der Waals surface area contributed by atoms with Gasteiger partial charge in [-0.25, -0.2) is 0 Å². The second-order valence-corrected chi connectivity index (χ2v) is 3.53. The maximum Gasteiger partial charge on any atom is 0.332 e. The first-order valence-corrected chi connectivity index (χ1v) is 5.02. The smallest absolute Gasteiger partial charge is 0.332 e. The quantitative estimate of drug-likeness (QED) is 0.475. The minimum absolute atomic E-state index is 0.0886. The lowest BCUT2D eigenvalue weighted by atomic mass is 9.97. The minimum atomic E-state index is -1.53. The van der Waals surface area contributed by atoms with E-state index in [2.05, 4.69) is 4.74 Å². The summed E-state index contributed by atoms with van der Waals surface area (Å²) in [6, 6.07) is 4.50. The highest BCUT2D eigenvalue weighted by Crippen LogP contribution is 2.24. The summed E-state index contributed by atoms with van der Waals surface area (Å²) in [6.07, 6.45) is 0. The predicted molar refractivity (Wildman–Crippen MR) is 60.3 cm³/mol. The van der Waals surface area contributed by atoms with E-state index in [1.165, 1.54) is 19.2 Å². The average molecular weight is 252 g/mol. The summed E-state index contributed by atoms with van der Waals surface area (Å²) < 4.78 is 9.11. The Balaban J connectivity index is 3.14. The van der Waals surface area contributed by atoms with Gasteiger partial charge in [0.25, 0.3) is 0 Å². The van der Waals surface area contributed by atoms with E-state index in [0.29, 0.717) is 11.3 Å². The van der Waals surface area contributed by atoms with Crippen molar-refractivity contribution in [3.8, 4) is 5.75 Å². The summed E-state index contributed by atoms with van der Waals surface area (Å²) >= 11 is 0. The molecule has 0 heterocycles. The average Bonchev–Trinajstić information content (AvgIpc) is 2.29. The Morgan fingerprint density at radius 1 is 1.39 bits per heavy atom. The van der Waals surface area contributed by atoms with E-state index in [9.17, 15) is 14.4 Å². The number of hydrogen-bond donors (Lipinski definition) is 1. The van der Waals surface area contributed by atoms with Gasteiger partial charge in [0.1, 0.15) is 5.75 Å². The first kappa shape index (κ1) is 13.7. The van der Waals surface area contributed by atoms with Crippen LogP contribution in [-0.2, 0) is 19.1 Å². The number of carboxylic acid groups (broad SMARTS) is 1. The van der Waals surface area contributed by atoms with Gasteiger partial charge in [0.05, 0.1) is 7.11 Å². The fourth-order valence-corrected chi connectivity index (χ4v) is 1.58. The molecule has 0 aromatic heterocycles. The van der Waals surface area contributed by atoms with Gasteiger partial charge in [-0.3, -0.25) is 14.4 Å². The van der Waals surface area contributed by atoms with Crippen molar-refractivity contribution in [2.75, 3.05) is 7.11 Å². The number of carboxylic acids is 1. The summed E-state index contributed by atoms with van der Waals surface area (Å²) in [5.74, 6) is -3.46. The predicted octanol–water partition coefficient (Wildman–Crippen LogP) is 0.871. The number of aryl methyl sites for hydroxylation is 1. The molecule has 1 atom stereocenters. The Bertz CT molecular complexity index is 479. The van der Waals surface area contributed by atoms with Crippen LogP contribution < -0.4 is 4.74 Å². The van der Waals surface area contributed by atoms with Crippen LogP contribution in [0.3, 0.4) is 0 Å². The molecule has 0 saturated carbocycles. The number of ether oxygens (including phenoxy) is 2.